The van der Waals surface area contributed by atoms with Gasteiger partial charge in [-0.2, -0.15) is 110 Å². The molecule has 656 valence electrons. The summed E-state index contributed by atoms with van der Waals surface area (Å²) in [5, 5.41) is 59.1. The summed E-state index contributed by atoms with van der Waals surface area (Å²) in [7, 11) is 5.89. The summed E-state index contributed by atoms with van der Waals surface area (Å²) in [6.07, 6.45) is -8.93. The van der Waals surface area contributed by atoms with Crippen LogP contribution < -0.4 is 9.47 Å². The van der Waals surface area contributed by atoms with Crippen molar-refractivity contribution in [3.8, 4) is 46.4 Å². The molecule has 0 unspecified atom stereocenters. The Balaban J connectivity index is 0.000000252. The minimum absolute atomic E-state index is 0.0373. The second kappa shape index (κ2) is 39.5. The SMILES string of the molecule is CN(C)Cc1cc(OC2CCC(N3CC(CC#N)(n4cc(-c5ncnc6[nH]ccc56)cn4)C3)CC2)nc(C(F)(F)F)n1.CN(C)Cc1cc(OC2CCC(N3CC(CC#N)(n4cc(-c5ncnc6c5ccn6COCC[Si](C)(C)C)cn4)C3)CC2)nc(C(F)(F)F)n1.O=C(O)C(F)(F)F.O=C(O)C(F)(F)F.O=C(O)C(F)(F)F.O=C(O)C(F)(F)F. The van der Waals surface area contributed by atoms with Crippen molar-refractivity contribution >= 4 is 54.0 Å². The molecule has 8 aromatic rings. The Hall–Kier alpha value is -11.0. The number of H-pyrrole nitrogens is 1. The fourth-order valence-electron chi connectivity index (χ4n) is 12.8. The lowest BCUT2D eigenvalue weighted by molar-refractivity contribution is -0.193. The van der Waals surface area contributed by atoms with E-state index in [0.29, 0.717) is 77.5 Å². The number of fused-ring (bicyclic) bond motifs is 2. The molecule has 5 N–H and O–H groups in total. The molecule has 0 spiro atoms. The lowest BCUT2D eigenvalue weighted by atomic mass is 9.82. The van der Waals surface area contributed by atoms with E-state index in [-0.39, 0.29) is 54.5 Å². The summed E-state index contributed by atoms with van der Waals surface area (Å²) < 4.78 is 231. The van der Waals surface area contributed by atoms with Crippen LogP contribution in [0.1, 0.15) is 87.2 Å². The number of aromatic amines is 1. The van der Waals surface area contributed by atoms with Gasteiger partial charge in [0.1, 0.15) is 54.0 Å². The Morgan fingerprint density at radius 2 is 0.925 bits per heavy atom. The summed E-state index contributed by atoms with van der Waals surface area (Å²) in [5.41, 5.74) is 4.48. The van der Waals surface area contributed by atoms with Crippen LogP contribution in [0.5, 0.6) is 11.8 Å². The Morgan fingerprint density at radius 3 is 1.27 bits per heavy atom. The molecule has 4 fully saturated rings. The third-order valence-electron chi connectivity index (χ3n) is 18.5. The van der Waals surface area contributed by atoms with Gasteiger partial charge in [-0.25, -0.2) is 49.1 Å². The summed E-state index contributed by atoms with van der Waals surface area (Å²) in [5.74, 6) is -13.5. The highest BCUT2D eigenvalue weighted by molar-refractivity contribution is 6.76. The van der Waals surface area contributed by atoms with E-state index in [0.717, 1.165) is 82.9 Å². The number of nitrogens with one attached hydrogen (secondary N) is 1. The second-order valence-corrected chi connectivity index (χ2v) is 35.3. The Bertz CT molecular complexity index is 4750. The summed E-state index contributed by atoms with van der Waals surface area (Å²) >= 11 is 0. The van der Waals surface area contributed by atoms with E-state index in [1.54, 1.807) is 56.7 Å². The molecule has 0 atom stereocenters. The molecule has 120 heavy (non-hydrogen) atoms. The number of rotatable bonds is 21. The highest BCUT2D eigenvalue weighted by atomic mass is 28.3. The molecular weight excluding hydrogens is 1670 g/mol. The third-order valence-corrected chi connectivity index (χ3v) is 20.2. The number of nitrogens with zero attached hydrogens (tertiary/aromatic N) is 19. The van der Waals surface area contributed by atoms with Gasteiger partial charge in [0, 0.05) is 125 Å². The molecule has 50 heteroatoms. The van der Waals surface area contributed by atoms with Crippen LogP contribution in [0.15, 0.2) is 74.1 Å². The van der Waals surface area contributed by atoms with E-state index >= 15 is 0 Å². The maximum atomic E-state index is 13.5. The fraction of sp³-hybridized carbons (Fsp3) is 0.543. The normalized spacial score (nSPS) is 18.2. The van der Waals surface area contributed by atoms with Gasteiger partial charge in [0.25, 0.3) is 0 Å². The molecule has 31 nitrogen and oxygen atoms in total. The number of likely N-dealkylation sites (tertiary alicyclic amines) is 2. The molecule has 2 saturated carbocycles. The van der Waals surface area contributed by atoms with E-state index in [2.05, 4.69) is 91.5 Å². The van der Waals surface area contributed by atoms with Crippen LogP contribution in [-0.2, 0) is 67.2 Å². The van der Waals surface area contributed by atoms with Crippen LogP contribution in [0.4, 0.5) is 79.0 Å². The zero-order valence-corrected chi connectivity index (χ0v) is 65.6. The van der Waals surface area contributed by atoms with Crippen LogP contribution in [0.3, 0.4) is 0 Å². The molecule has 2 aliphatic carbocycles. The van der Waals surface area contributed by atoms with E-state index in [1.807, 2.05) is 50.9 Å². The van der Waals surface area contributed by atoms with Gasteiger partial charge in [0.2, 0.25) is 23.4 Å². The molecule has 10 heterocycles. The predicted molar refractivity (Wildman–Crippen MR) is 384 cm³/mol. The van der Waals surface area contributed by atoms with Gasteiger partial charge in [-0.05, 0) is 97.7 Å². The predicted octanol–water partition coefficient (Wildman–Crippen LogP) is 12.3. The molecule has 4 aliphatic rings. The Kier molecular flexibility index (Phi) is 31.6. The molecule has 12 rings (SSSR count). The number of hydrogen-bond donors (Lipinski definition) is 5. The minimum Gasteiger partial charge on any atom is -0.475 e. The van der Waals surface area contributed by atoms with Gasteiger partial charge in [-0.15, -0.1) is 0 Å². The van der Waals surface area contributed by atoms with Crippen LogP contribution in [0.2, 0.25) is 25.7 Å². The first-order valence-electron chi connectivity index (χ1n) is 35.9. The van der Waals surface area contributed by atoms with Gasteiger partial charge < -0.3 is 54.0 Å². The monoisotopic (exact) mass is 1750 g/mol. The van der Waals surface area contributed by atoms with Gasteiger partial charge in [0.15, 0.2) is 0 Å². The lowest BCUT2D eigenvalue weighted by Gasteiger charge is -2.53. The largest absolute Gasteiger partial charge is 0.490 e. The van der Waals surface area contributed by atoms with Crippen LogP contribution >= 0.6 is 0 Å². The first kappa shape index (κ1) is 96.2. The number of carboxylic acids is 4. The van der Waals surface area contributed by atoms with Gasteiger partial charge >= 0.3 is 60.9 Å². The summed E-state index contributed by atoms with van der Waals surface area (Å²) in [6.45, 7) is 11.4. The van der Waals surface area contributed by atoms with Crippen LogP contribution in [-0.4, -0.2) is 251 Å². The molecule has 2 saturated heterocycles. The number of carbonyl (C=O) groups is 4. The first-order chi connectivity index (χ1) is 55.6. The minimum atomic E-state index is -5.08. The van der Waals surface area contributed by atoms with E-state index < -0.39 is 91.7 Å². The number of hydrogen-bond acceptors (Lipinski definition) is 23. The molecule has 0 radical (unpaired) electrons. The number of aromatic nitrogens is 14. The van der Waals surface area contributed by atoms with E-state index in [1.165, 1.54) is 18.5 Å². The average Bonchev–Trinajstić information content (AvgIpc) is 1.43. The van der Waals surface area contributed by atoms with Crippen molar-refractivity contribution in [1.29, 1.82) is 10.5 Å². The maximum absolute atomic E-state index is 13.5. The molecule has 0 aromatic carbocycles. The molecule has 2 aliphatic heterocycles. The number of halogens is 18. The highest BCUT2D eigenvalue weighted by Crippen LogP contribution is 2.42. The maximum Gasteiger partial charge on any atom is 0.490 e. The van der Waals surface area contributed by atoms with Gasteiger partial charge in [0.05, 0.1) is 60.1 Å². The number of alkyl halides is 18. The highest BCUT2D eigenvalue weighted by Gasteiger charge is 2.51. The Morgan fingerprint density at radius 1 is 0.550 bits per heavy atom. The average molecular weight is 1750 g/mol. The van der Waals surface area contributed by atoms with Crippen LogP contribution in [0.25, 0.3) is 44.6 Å². The molecule has 8 aromatic heterocycles. The van der Waals surface area contributed by atoms with Crippen molar-refractivity contribution in [2.45, 2.75) is 182 Å². The van der Waals surface area contributed by atoms with Crippen molar-refractivity contribution in [1.82, 2.24) is 88.6 Å². The smallest absolute Gasteiger partial charge is 0.475 e. The standard InChI is InChI=1S/C34H45F3N10O2Si.C28H31F3N10O.4C2HF3O2/c1-44(2)19-25-16-29(43-32(42-25)34(35,36)37)49-27-8-6-26(7-9-27)46-20-33(21-46,11-12-38)47-18-24(17-41-47)30-28-10-13-45(31(28)40-22-39-30)23-48-14-15-50(3,4)5;1-39(2)14-19-11-23(38-26(37-19)28(29,30)31)42-21-5-3-20(4-6-21)40-15-27(16-40,8-9-32)41-13-18(12-36-41)24-22-7-10-33-25(22)35-17-34-24;4*3-2(4,5)1(6)7/h10,13,16-18,22,26-27H,6-9,11,14-15,19-21,23H2,1-5H3;7,10-13,17,20-21H,3-6,8,14-16H2,1-2H3,(H,33,34,35);4*(H,6,7). The molecule has 0 amide bonds. The zero-order valence-electron chi connectivity index (χ0n) is 64.6. The van der Waals surface area contributed by atoms with Crippen molar-refractivity contribution in [2.24, 2.45) is 0 Å². The van der Waals surface area contributed by atoms with Crippen molar-refractivity contribution in [3.63, 3.8) is 0 Å². The van der Waals surface area contributed by atoms with Gasteiger partial charge in [-0.1, -0.05) is 19.6 Å². The summed E-state index contributed by atoms with van der Waals surface area (Å²) in [6, 6.07) is 13.3. The Labute approximate surface area is 670 Å². The van der Waals surface area contributed by atoms with Crippen LogP contribution in [0, 0.1) is 22.7 Å². The molecule has 0 bridgehead atoms. The first-order valence-corrected chi connectivity index (χ1v) is 39.6. The number of aliphatic carboxylic acids is 4. The third kappa shape index (κ3) is 27.3. The fourth-order valence-corrected chi connectivity index (χ4v) is 13.6. The summed E-state index contributed by atoms with van der Waals surface area (Å²) in [4.78, 5) is 79.5. The number of carboxylic acid groups (broad SMARTS) is 4. The van der Waals surface area contributed by atoms with Crippen molar-refractivity contribution in [2.75, 3.05) is 61.0 Å². The van der Waals surface area contributed by atoms with Crippen molar-refractivity contribution in [3.05, 3.63) is 97.1 Å². The van der Waals surface area contributed by atoms with Crippen molar-refractivity contribution < 1.29 is 133 Å². The second-order valence-electron chi connectivity index (χ2n) is 29.7. The van der Waals surface area contributed by atoms with Gasteiger partial charge in [-0.3, -0.25) is 19.2 Å². The number of ether oxygens (including phenoxy) is 3. The zero-order chi connectivity index (χ0) is 89.5. The number of nitriles is 2. The lowest BCUT2D eigenvalue weighted by Crippen LogP contribution is -2.65. The van der Waals surface area contributed by atoms with E-state index in [9.17, 15) is 89.6 Å². The quantitative estimate of drug-likeness (QED) is 0.0253. The topological polar surface area (TPSA) is 397 Å². The van der Waals surface area contributed by atoms with E-state index in [4.69, 9.17) is 58.9 Å². The molecular formula is C70H80F18N20O11Si.